The van der Waals surface area contributed by atoms with Gasteiger partial charge in [-0.1, -0.05) is 12.1 Å². The molecule has 24 heavy (non-hydrogen) atoms. The van der Waals surface area contributed by atoms with Crippen molar-refractivity contribution < 1.29 is 9.90 Å². The monoisotopic (exact) mass is 328 g/mol. The third-order valence-electron chi connectivity index (χ3n) is 4.76. The number of likely N-dealkylation sites (tertiary alicyclic amines) is 1. The van der Waals surface area contributed by atoms with Crippen molar-refractivity contribution in [3.05, 3.63) is 53.6 Å². The van der Waals surface area contributed by atoms with E-state index in [-0.39, 0.29) is 5.92 Å². The maximum absolute atomic E-state index is 11.1. The van der Waals surface area contributed by atoms with Crippen molar-refractivity contribution in [2.24, 2.45) is 18.7 Å². The van der Waals surface area contributed by atoms with Gasteiger partial charge in [-0.25, -0.2) is 4.98 Å². The third kappa shape index (κ3) is 3.66. The number of primary amides is 1. The lowest BCUT2D eigenvalue weighted by Gasteiger charge is -2.35. The van der Waals surface area contributed by atoms with Crippen molar-refractivity contribution in [1.29, 1.82) is 0 Å². The second-order valence-corrected chi connectivity index (χ2v) is 6.54. The summed E-state index contributed by atoms with van der Waals surface area (Å²) < 4.78 is 1.88. The van der Waals surface area contributed by atoms with E-state index in [1.165, 1.54) is 0 Å². The Bertz CT molecular complexity index is 695. The minimum atomic E-state index is -0.537. The Morgan fingerprint density at radius 3 is 2.79 bits per heavy atom. The maximum atomic E-state index is 11.1. The number of imidazole rings is 1. The fraction of sp³-hybridized carbons (Fsp3) is 0.444. The molecule has 3 N–H and O–H groups in total. The van der Waals surface area contributed by atoms with Crippen LogP contribution in [0.1, 0.15) is 40.7 Å². The van der Waals surface area contributed by atoms with Crippen molar-refractivity contribution >= 4 is 5.91 Å². The molecule has 6 nitrogen and oxygen atoms in total. The van der Waals surface area contributed by atoms with Crippen LogP contribution in [0, 0.1) is 5.92 Å². The highest BCUT2D eigenvalue weighted by atomic mass is 16.3. The summed E-state index contributed by atoms with van der Waals surface area (Å²) in [7, 11) is 1.91. The lowest BCUT2D eigenvalue weighted by Crippen LogP contribution is -2.37. The number of aliphatic hydroxyl groups excluding tert-OH is 1. The van der Waals surface area contributed by atoms with Gasteiger partial charge in [-0.2, -0.15) is 0 Å². The number of benzene rings is 1. The first kappa shape index (κ1) is 16.7. The number of nitrogens with two attached hydrogens (primary N) is 1. The van der Waals surface area contributed by atoms with Gasteiger partial charge < -0.3 is 15.4 Å². The smallest absolute Gasteiger partial charge is 0.248 e. The minimum absolute atomic E-state index is 0.185. The number of carbonyl (C=O) groups excluding carboxylic acids is 1. The van der Waals surface area contributed by atoms with Crippen LogP contribution in [0.2, 0.25) is 0 Å². The van der Waals surface area contributed by atoms with Gasteiger partial charge in [0.2, 0.25) is 5.91 Å². The molecule has 3 rings (SSSR count). The Kier molecular flexibility index (Phi) is 4.97. The van der Waals surface area contributed by atoms with Gasteiger partial charge in [0, 0.05) is 44.0 Å². The summed E-state index contributed by atoms with van der Waals surface area (Å²) >= 11 is 0. The van der Waals surface area contributed by atoms with E-state index in [0.717, 1.165) is 43.9 Å². The van der Waals surface area contributed by atoms with Gasteiger partial charge in [0.1, 0.15) is 11.9 Å². The molecule has 6 heteroatoms. The fourth-order valence-corrected chi connectivity index (χ4v) is 3.40. The molecule has 2 unspecified atom stereocenters. The lowest BCUT2D eigenvalue weighted by molar-refractivity contribution is 0.0405. The number of hydrogen-bond acceptors (Lipinski definition) is 4. The van der Waals surface area contributed by atoms with Crippen LogP contribution in [0.25, 0.3) is 0 Å². The lowest BCUT2D eigenvalue weighted by atomic mass is 9.91. The molecule has 0 radical (unpaired) electrons. The zero-order valence-electron chi connectivity index (χ0n) is 13.9. The highest BCUT2D eigenvalue weighted by molar-refractivity contribution is 5.92. The van der Waals surface area contributed by atoms with E-state index in [0.29, 0.717) is 5.56 Å². The van der Waals surface area contributed by atoms with E-state index in [4.69, 9.17) is 5.73 Å². The van der Waals surface area contributed by atoms with Crippen molar-refractivity contribution in [3.8, 4) is 0 Å². The molecule has 1 aromatic carbocycles. The first-order valence-electron chi connectivity index (χ1n) is 8.31. The standard InChI is InChI=1S/C18H24N4O2/c1-21-10-8-20-18(21)16(23)15-3-2-9-22(12-15)11-13-4-6-14(7-5-13)17(19)24/h4-8,10,15-16,23H,2-3,9,11-12H2,1H3,(H2,19,24). The maximum Gasteiger partial charge on any atom is 0.248 e. The molecular formula is C18H24N4O2. The predicted octanol–water partition coefficient (Wildman–Crippen LogP) is 1.46. The number of rotatable bonds is 5. The van der Waals surface area contributed by atoms with Crippen LogP contribution >= 0.6 is 0 Å². The van der Waals surface area contributed by atoms with E-state index in [1.807, 2.05) is 29.9 Å². The molecule has 0 aliphatic carbocycles. The van der Waals surface area contributed by atoms with Crippen LogP contribution in [0.15, 0.2) is 36.7 Å². The van der Waals surface area contributed by atoms with Gasteiger partial charge >= 0.3 is 0 Å². The normalized spacial score (nSPS) is 20.0. The van der Waals surface area contributed by atoms with Crippen LogP contribution in [0.5, 0.6) is 0 Å². The van der Waals surface area contributed by atoms with E-state index in [9.17, 15) is 9.90 Å². The van der Waals surface area contributed by atoms with E-state index in [2.05, 4.69) is 9.88 Å². The van der Waals surface area contributed by atoms with Gasteiger partial charge in [-0.3, -0.25) is 9.69 Å². The number of aryl methyl sites for hydroxylation is 1. The number of carbonyl (C=O) groups is 1. The molecule has 0 spiro atoms. The third-order valence-corrected chi connectivity index (χ3v) is 4.76. The van der Waals surface area contributed by atoms with Crippen LogP contribution in [-0.4, -0.2) is 38.6 Å². The Labute approximate surface area is 141 Å². The van der Waals surface area contributed by atoms with E-state index >= 15 is 0 Å². The summed E-state index contributed by atoms with van der Waals surface area (Å²) in [4.78, 5) is 17.8. The van der Waals surface area contributed by atoms with E-state index < -0.39 is 12.0 Å². The van der Waals surface area contributed by atoms with Gasteiger partial charge in [-0.05, 0) is 37.1 Å². The Hall–Kier alpha value is -2.18. The van der Waals surface area contributed by atoms with Crippen LogP contribution in [0.3, 0.4) is 0 Å². The molecule has 2 heterocycles. The van der Waals surface area contributed by atoms with Crippen LogP contribution in [-0.2, 0) is 13.6 Å². The zero-order valence-corrected chi connectivity index (χ0v) is 13.9. The number of hydrogen-bond donors (Lipinski definition) is 2. The SMILES string of the molecule is Cn1ccnc1C(O)C1CCCN(Cc2ccc(C(N)=O)cc2)C1. The molecular weight excluding hydrogens is 304 g/mol. The highest BCUT2D eigenvalue weighted by Crippen LogP contribution is 2.29. The molecule has 2 atom stereocenters. The van der Waals surface area contributed by atoms with Crippen molar-refractivity contribution in [2.75, 3.05) is 13.1 Å². The first-order valence-corrected chi connectivity index (χ1v) is 8.31. The van der Waals surface area contributed by atoms with Crippen LogP contribution < -0.4 is 5.73 Å². The average molecular weight is 328 g/mol. The summed E-state index contributed by atoms with van der Waals surface area (Å²) in [5.74, 6) is 0.509. The second-order valence-electron chi connectivity index (χ2n) is 6.54. The van der Waals surface area contributed by atoms with Gasteiger partial charge in [0.25, 0.3) is 0 Å². The first-order chi connectivity index (χ1) is 11.5. The summed E-state index contributed by atoms with van der Waals surface area (Å²) in [6.07, 6.45) is 5.11. The fourth-order valence-electron chi connectivity index (χ4n) is 3.40. The second kappa shape index (κ2) is 7.15. The van der Waals surface area contributed by atoms with Crippen molar-refractivity contribution in [2.45, 2.75) is 25.5 Å². The topological polar surface area (TPSA) is 84.4 Å². The molecule has 1 aliphatic rings. The Morgan fingerprint density at radius 1 is 1.42 bits per heavy atom. The molecule has 1 fully saturated rings. The molecule has 1 saturated heterocycles. The van der Waals surface area contributed by atoms with Crippen molar-refractivity contribution in [3.63, 3.8) is 0 Å². The summed E-state index contributed by atoms with van der Waals surface area (Å²) in [5.41, 5.74) is 6.95. The van der Waals surface area contributed by atoms with Gasteiger partial charge in [0.15, 0.2) is 0 Å². The number of aromatic nitrogens is 2. The molecule has 1 aliphatic heterocycles. The summed E-state index contributed by atoms with van der Waals surface area (Å²) in [6.45, 7) is 2.66. The molecule has 1 amide bonds. The van der Waals surface area contributed by atoms with Gasteiger partial charge in [-0.15, -0.1) is 0 Å². The number of aliphatic hydroxyl groups is 1. The number of amides is 1. The Balaban J connectivity index is 1.63. The number of piperidine rings is 1. The average Bonchev–Trinajstić information content (AvgIpc) is 3.01. The highest BCUT2D eigenvalue weighted by Gasteiger charge is 2.29. The molecule has 0 saturated carbocycles. The quantitative estimate of drug-likeness (QED) is 0.870. The summed E-state index contributed by atoms with van der Waals surface area (Å²) in [5, 5.41) is 10.6. The molecule has 0 bridgehead atoms. The van der Waals surface area contributed by atoms with Crippen molar-refractivity contribution in [1.82, 2.24) is 14.5 Å². The Morgan fingerprint density at radius 2 is 2.17 bits per heavy atom. The number of nitrogens with zero attached hydrogens (tertiary/aromatic N) is 3. The predicted molar refractivity (Wildman–Crippen MR) is 91.1 cm³/mol. The summed E-state index contributed by atoms with van der Waals surface area (Å²) in [6, 6.07) is 7.42. The van der Waals surface area contributed by atoms with Crippen LogP contribution in [0.4, 0.5) is 0 Å². The molecule has 1 aromatic heterocycles. The van der Waals surface area contributed by atoms with Gasteiger partial charge in [0.05, 0.1) is 0 Å². The zero-order chi connectivity index (χ0) is 17.1. The minimum Gasteiger partial charge on any atom is -0.385 e. The largest absolute Gasteiger partial charge is 0.385 e. The molecule has 2 aromatic rings. The molecule has 128 valence electrons. The van der Waals surface area contributed by atoms with E-state index in [1.54, 1.807) is 18.3 Å².